The van der Waals surface area contributed by atoms with E-state index >= 15 is 0 Å². The van der Waals surface area contributed by atoms with Gasteiger partial charge >= 0.3 is 5.97 Å². The Morgan fingerprint density at radius 3 is 2.16 bits per heavy atom. The molecule has 3 rings (SSSR count). The molecule has 130 valence electrons. The molecule has 0 atom stereocenters. The highest BCUT2D eigenvalue weighted by Crippen LogP contribution is 2.30. The third-order valence-electron chi connectivity index (χ3n) is 4.26. The summed E-state index contributed by atoms with van der Waals surface area (Å²) in [6.07, 6.45) is 0. The van der Waals surface area contributed by atoms with E-state index in [1.165, 1.54) is 12.1 Å². The van der Waals surface area contributed by atoms with E-state index in [1.807, 2.05) is 21.9 Å². The van der Waals surface area contributed by atoms with Crippen LogP contribution in [0.4, 0.5) is 17.1 Å². The molecule has 1 heterocycles. The van der Waals surface area contributed by atoms with Gasteiger partial charge < -0.3 is 20.0 Å². The molecule has 0 spiro atoms. The van der Waals surface area contributed by atoms with Crippen molar-refractivity contribution in [1.82, 2.24) is 0 Å². The van der Waals surface area contributed by atoms with Crippen LogP contribution in [0.1, 0.15) is 10.4 Å². The molecule has 8 nitrogen and oxygen atoms in total. The lowest BCUT2D eigenvalue weighted by molar-refractivity contribution is -0.384. The maximum Gasteiger partial charge on any atom is 0.338 e. The number of phenols is 1. The lowest BCUT2D eigenvalue weighted by atomic mass is 10.1. The molecule has 0 radical (unpaired) electrons. The highest BCUT2D eigenvalue weighted by Gasteiger charge is 2.24. The maximum atomic E-state index is 11.5. The quantitative estimate of drug-likeness (QED) is 0.648. The standard InChI is InChI=1S/C17H17N3O5/c21-16-4-2-1-3-15(16)19-9-7-18(8-10-19)14-6-5-12(20(24)25)11-13(14)17(22)23/h1-6,11,21H,7-10H2,(H,22,23). The number of aromatic carboxylic acids is 1. The molecule has 0 amide bonds. The lowest BCUT2D eigenvalue weighted by Gasteiger charge is -2.38. The van der Waals surface area contributed by atoms with Crippen molar-refractivity contribution in [1.29, 1.82) is 0 Å². The molecule has 1 aliphatic heterocycles. The number of non-ortho nitro benzene ring substituents is 1. The minimum absolute atomic E-state index is 0.0785. The topological polar surface area (TPSA) is 107 Å². The molecular weight excluding hydrogens is 326 g/mol. The Hall–Kier alpha value is -3.29. The number of carbonyl (C=O) groups is 1. The summed E-state index contributed by atoms with van der Waals surface area (Å²) in [6, 6.07) is 11.0. The van der Waals surface area contributed by atoms with Crippen LogP contribution in [0.2, 0.25) is 0 Å². The number of piperazine rings is 1. The smallest absolute Gasteiger partial charge is 0.338 e. The van der Waals surface area contributed by atoms with Crippen LogP contribution >= 0.6 is 0 Å². The molecule has 0 unspecified atom stereocenters. The van der Waals surface area contributed by atoms with Crippen LogP contribution in [0.5, 0.6) is 5.75 Å². The first-order chi connectivity index (χ1) is 12.0. The summed E-state index contributed by atoms with van der Waals surface area (Å²) < 4.78 is 0. The molecule has 0 saturated carbocycles. The molecule has 2 aromatic carbocycles. The van der Waals surface area contributed by atoms with Gasteiger partial charge in [0.25, 0.3) is 5.69 Å². The Balaban J connectivity index is 1.80. The van der Waals surface area contributed by atoms with Gasteiger partial charge in [-0.3, -0.25) is 10.1 Å². The second kappa shape index (κ2) is 6.68. The Morgan fingerprint density at radius 2 is 1.60 bits per heavy atom. The number of nitro groups is 1. The minimum atomic E-state index is -1.19. The first kappa shape index (κ1) is 16.6. The monoisotopic (exact) mass is 343 g/mol. The van der Waals surface area contributed by atoms with Crippen LogP contribution < -0.4 is 9.80 Å². The van der Waals surface area contributed by atoms with E-state index in [0.29, 0.717) is 31.9 Å². The third kappa shape index (κ3) is 3.32. The molecular formula is C17H17N3O5. The van der Waals surface area contributed by atoms with E-state index < -0.39 is 10.9 Å². The van der Waals surface area contributed by atoms with Gasteiger partial charge in [-0.1, -0.05) is 12.1 Å². The van der Waals surface area contributed by atoms with E-state index in [0.717, 1.165) is 11.8 Å². The fourth-order valence-electron chi connectivity index (χ4n) is 3.00. The van der Waals surface area contributed by atoms with E-state index in [2.05, 4.69) is 0 Å². The van der Waals surface area contributed by atoms with Gasteiger partial charge in [-0.05, 0) is 18.2 Å². The maximum absolute atomic E-state index is 11.5. The summed E-state index contributed by atoms with van der Waals surface area (Å²) in [7, 11) is 0. The van der Waals surface area contributed by atoms with E-state index in [4.69, 9.17) is 0 Å². The number of phenolic OH excluding ortho intramolecular Hbond substituents is 1. The molecule has 0 bridgehead atoms. The molecule has 8 heteroatoms. The molecule has 1 aliphatic rings. The lowest BCUT2D eigenvalue weighted by Crippen LogP contribution is -2.47. The van der Waals surface area contributed by atoms with Crippen molar-refractivity contribution in [3.8, 4) is 5.75 Å². The van der Waals surface area contributed by atoms with Crippen LogP contribution in [0.3, 0.4) is 0 Å². The normalized spacial score (nSPS) is 14.4. The number of hydrogen-bond acceptors (Lipinski definition) is 6. The molecule has 1 fully saturated rings. The SMILES string of the molecule is O=C(O)c1cc([N+](=O)[O-])ccc1N1CCN(c2ccccc2O)CC1. The number of para-hydroxylation sites is 2. The van der Waals surface area contributed by atoms with E-state index in [9.17, 15) is 25.1 Å². The highest BCUT2D eigenvalue weighted by molar-refractivity contribution is 5.95. The van der Waals surface area contributed by atoms with Gasteiger partial charge in [-0.15, -0.1) is 0 Å². The van der Waals surface area contributed by atoms with E-state index in [-0.39, 0.29) is 17.0 Å². The summed E-state index contributed by atoms with van der Waals surface area (Å²) >= 11 is 0. The third-order valence-corrected chi connectivity index (χ3v) is 4.26. The van der Waals surface area contributed by atoms with Gasteiger partial charge in [0, 0.05) is 38.3 Å². The average Bonchev–Trinajstić information content (AvgIpc) is 2.61. The molecule has 2 N–H and O–H groups in total. The summed E-state index contributed by atoms with van der Waals surface area (Å²) in [4.78, 5) is 25.7. The summed E-state index contributed by atoms with van der Waals surface area (Å²) in [5, 5.41) is 30.2. The van der Waals surface area contributed by atoms with Crippen LogP contribution in [0, 0.1) is 10.1 Å². The van der Waals surface area contributed by atoms with Gasteiger partial charge in [-0.25, -0.2) is 4.79 Å². The number of carboxylic acid groups (broad SMARTS) is 1. The van der Waals surface area contributed by atoms with Crippen LogP contribution in [0.25, 0.3) is 0 Å². The zero-order chi connectivity index (χ0) is 18.0. The molecule has 25 heavy (non-hydrogen) atoms. The zero-order valence-corrected chi connectivity index (χ0v) is 13.3. The zero-order valence-electron chi connectivity index (χ0n) is 13.3. The number of benzene rings is 2. The van der Waals surface area contributed by atoms with Gasteiger partial charge in [0.1, 0.15) is 5.75 Å². The average molecular weight is 343 g/mol. The Kier molecular flexibility index (Phi) is 4.42. The highest BCUT2D eigenvalue weighted by atomic mass is 16.6. The number of anilines is 2. The second-order valence-corrected chi connectivity index (χ2v) is 5.73. The van der Waals surface area contributed by atoms with Crippen molar-refractivity contribution in [3.63, 3.8) is 0 Å². The predicted molar refractivity (Wildman–Crippen MR) is 92.6 cm³/mol. The summed E-state index contributed by atoms with van der Waals surface area (Å²) in [6.45, 7) is 2.31. The van der Waals surface area contributed by atoms with Crippen molar-refractivity contribution in [3.05, 3.63) is 58.1 Å². The van der Waals surface area contributed by atoms with Crippen molar-refractivity contribution < 1.29 is 19.9 Å². The van der Waals surface area contributed by atoms with E-state index in [1.54, 1.807) is 12.1 Å². The fourth-order valence-corrected chi connectivity index (χ4v) is 3.00. The van der Waals surface area contributed by atoms with Gasteiger partial charge in [0.2, 0.25) is 0 Å². The van der Waals surface area contributed by atoms with Gasteiger partial charge in [0.05, 0.1) is 21.9 Å². The molecule has 0 aromatic heterocycles. The predicted octanol–water partition coefficient (Wildman–Crippen LogP) is 2.33. The Labute approximate surface area is 143 Å². The van der Waals surface area contributed by atoms with Gasteiger partial charge in [0.15, 0.2) is 0 Å². The van der Waals surface area contributed by atoms with Crippen LogP contribution in [-0.2, 0) is 0 Å². The van der Waals surface area contributed by atoms with Crippen LogP contribution in [0.15, 0.2) is 42.5 Å². The van der Waals surface area contributed by atoms with Crippen molar-refractivity contribution in [2.24, 2.45) is 0 Å². The number of hydrogen-bond donors (Lipinski definition) is 2. The Bertz CT molecular complexity index is 816. The molecule has 0 aliphatic carbocycles. The molecule has 2 aromatic rings. The number of aromatic hydroxyl groups is 1. The second-order valence-electron chi connectivity index (χ2n) is 5.73. The largest absolute Gasteiger partial charge is 0.506 e. The summed E-state index contributed by atoms with van der Waals surface area (Å²) in [5.74, 6) is -0.987. The Morgan fingerprint density at radius 1 is 1.00 bits per heavy atom. The number of carboxylic acids is 1. The van der Waals surface area contributed by atoms with Crippen molar-refractivity contribution >= 4 is 23.0 Å². The minimum Gasteiger partial charge on any atom is -0.506 e. The van der Waals surface area contributed by atoms with Crippen molar-refractivity contribution in [2.45, 2.75) is 0 Å². The van der Waals surface area contributed by atoms with Crippen molar-refractivity contribution in [2.75, 3.05) is 36.0 Å². The fraction of sp³-hybridized carbons (Fsp3) is 0.235. The number of nitrogens with zero attached hydrogens (tertiary/aromatic N) is 3. The molecule has 1 saturated heterocycles. The first-order valence-electron chi connectivity index (χ1n) is 7.77. The summed E-state index contributed by atoms with van der Waals surface area (Å²) in [5.41, 5.74) is 0.888. The van der Waals surface area contributed by atoms with Crippen LogP contribution in [-0.4, -0.2) is 47.3 Å². The number of rotatable bonds is 4. The number of nitro benzene ring substituents is 1. The van der Waals surface area contributed by atoms with Gasteiger partial charge in [-0.2, -0.15) is 0 Å². The first-order valence-corrected chi connectivity index (χ1v) is 7.77.